The van der Waals surface area contributed by atoms with E-state index in [1.165, 1.54) is 37.9 Å². The molecule has 1 fully saturated rings. The van der Waals surface area contributed by atoms with Crippen LogP contribution in [0.4, 0.5) is 5.69 Å². The normalized spacial score (nSPS) is 18.7. The van der Waals surface area contributed by atoms with Gasteiger partial charge < -0.3 is 10.5 Å². The monoisotopic (exact) mass is 262 g/mol. The van der Waals surface area contributed by atoms with Crippen molar-refractivity contribution in [3.05, 3.63) is 23.8 Å². The first-order chi connectivity index (χ1) is 9.12. The lowest BCUT2D eigenvalue weighted by Gasteiger charge is -2.26. The summed E-state index contributed by atoms with van der Waals surface area (Å²) in [6.45, 7) is 7.97. The van der Waals surface area contributed by atoms with Crippen LogP contribution in [0, 0.1) is 5.41 Å². The quantitative estimate of drug-likeness (QED) is 0.828. The zero-order valence-electron chi connectivity index (χ0n) is 12.4. The van der Waals surface area contributed by atoms with E-state index in [1.54, 1.807) is 7.11 Å². The number of methoxy groups -OCH3 is 1. The average molecular weight is 262 g/mol. The fourth-order valence-electron chi connectivity index (χ4n) is 3.07. The van der Waals surface area contributed by atoms with Gasteiger partial charge in [0.15, 0.2) is 0 Å². The van der Waals surface area contributed by atoms with E-state index >= 15 is 0 Å². The Morgan fingerprint density at radius 1 is 1.32 bits per heavy atom. The molecule has 1 aliphatic rings. The number of anilines is 1. The average Bonchev–Trinajstić information content (AvgIpc) is 2.85. The summed E-state index contributed by atoms with van der Waals surface area (Å²) in [7, 11) is 1.67. The van der Waals surface area contributed by atoms with Crippen molar-refractivity contribution in [2.45, 2.75) is 39.7 Å². The molecule has 3 nitrogen and oxygen atoms in total. The number of rotatable bonds is 5. The van der Waals surface area contributed by atoms with E-state index in [0.717, 1.165) is 18.0 Å². The number of ether oxygens (including phenoxy) is 1. The van der Waals surface area contributed by atoms with Crippen LogP contribution in [0.1, 0.15) is 38.7 Å². The maximum absolute atomic E-state index is 6.10. The Morgan fingerprint density at radius 2 is 2.05 bits per heavy atom. The van der Waals surface area contributed by atoms with Gasteiger partial charge in [0.1, 0.15) is 5.75 Å². The molecular formula is C16H26N2O. The van der Waals surface area contributed by atoms with E-state index in [0.29, 0.717) is 5.41 Å². The number of nitrogen functional groups attached to an aromatic ring is 1. The van der Waals surface area contributed by atoms with Crippen LogP contribution in [0.5, 0.6) is 5.75 Å². The number of hydrogen-bond acceptors (Lipinski definition) is 3. The minimum Gasteiger partial charge on any atom is -0.497 e. The van der Waals surface area contributed by atoms with Gasteiger partial charge in [0, 0.05) is 24.8 Å². The Morgan fingerprint density at radius 3 is 2.58 bits per heavy atom. The second-order valence-corrected chi connectivity index (χ2v) is 5.73. The lowest BCUT2D eigenvalue weighted by molar-refractivity contribution is 0.236. The molecule has 0 spiro atoms. The van der Waals surface area contributed by atoms with Crippen LogP contribution < -0.4 is 10.5 Å². The molecule has 19 heavy (non-hydrogen) atoms. The van der Waals surface area contributed by atoms with Crippen LogP contribution in [-0.2, 0) is 6.54 Å². The summed E-state index contributed by atoms with van der Waals surface area (Å²) >= 11 is 0. The second-order valence-electron chi connectivity index (χ2n) is 5.73. The Bertz CT molecular complexity index is 427. The van der Waals surface area contributed by atoms with Crippen LogP contribution in [-0.4, -0.2) is 25.1 Å². The van der Waals surface area contributed by atoms with Gasteiger partial charge in [-0.25, -0.2) is 0 Å². The standard InChI is InChI=1S/C16H26N2O/c1-4-16(5-2)8-9-18(12-16)11-13-6-7-14(19-3)10-15(13)17/h6-7,10H,4-5,8-9,11-12,17H2,1-3H3. The lowest BCUT2D eigenvalue weighted by Crippen LogP contribution is -2.26. The van der Waals surface area contributed by atoms with Crippen LogP contribution in [0.2, 0.25) is 0 Å². The molecule has 106 valence electrons. The Hall–Kier alpha value is -1.22. The third-order valence-corrected chi connectivity index (χ3v) is 4.76. The van der Waals surface area contributed by atoms with Gasteiger partial charge in [-0.15, -0.1) is 0 Å². The van der Waals surface area contributed by atoms with E-state index in [4.69, 9.17) is 10.5 Å². The van der Waals surface area contributed by atoms with Crippen molar-refractivity contribution in [3.63, 3.8) is 0 Å². The molecule has 2 N–H and O–H groups in total. The van der Waals surface area contributed by atoms with Crippen molar-refractivity contribution in [1.82, 2.24) is 4.90 Å². The Kier molecular flexibility index (Phi) is 4.35. The molecule has 1 aromatic carbocycles. The van der Waals surface area contributed by atoms with Gasteiger partial charge in [0.25, 0.3) is 0 Å². The highest BCUT2D eigenvalue weighted by Crippen LogP contribution is 2.37. The zero-order valence-corrected chi connectivity index (χ0v) is 12.4. The van der Waals surface area contributed by atoms with Gasteiger partial charge in [0.05, 0.1) is 7.11 Å². The van der Waals surface area contributed by atoms with Crippen LogP contribution in [0.15, 0.2) is 18.2 Å². The van der Waals surface area contributed by atoms with Crippen molar-refractivity contribution in [1.29, 1.82) is 0 Å². The number of likely N-dealkylation sites (tertiary alicyclic amines) is 1. The van der Waals surface area contributed by atoms with Crippen molar-refractivity contribution in [3.8, 4) is 5.75 Å². The number of nitrogens with zero attached hydrogens (tertiary/aromatic N) is 1. The van der Waals surface area contributed by atoms with E-state index < -0.39 is 0 Å². The molecule has 0 amide bonds. The summed E-state index contributed by atoms with van der Waals surface area (Å²) in [5.41, 5.74) is 8.68. The van der Waals surface area contributed by atoms with Gasteiger partial charge in [-0.1, -0.05) is 19.9 Å². The molecule has 0 bridgehead atoms. The minimum atomic E-state index is 0.529. The van der Waals surface area contributed by atoms with Gasteiger partial charge in [-0.05, 0) is 42.9 Å². The highest BCUT2D eigenvalue weighted by Gasteiger charge is 2.34. The highest BCUT2D eigenvalue weighted by molar-refractivity contribution is 5.51. The molecule has 1 saturated heterocycles. The first kappa shape index (κ1) is 14.2. The maximum Gasteiger partial charge on any atom is 0.120 e. The Balaban J connectivity index is 2.03. The summed E-state index contributed by atoms with van der Waals surface area (Å²) < 4.78 is 5.19. The topological polar surface area (TPSA) is 38.5 Å². The molecule has 0 aromatic heterocycles. The molecular weight excluding hydrogens is 236 g/mol. The largest absolute Gasteiger partial charge is 0.497 e. The number of nitrogens with two attached hydrogens (primary N) is 1. The predicted octanol–water partition coefficient (Wildman–Crippen LogP) is 3.29. The molecule has 0 aliphatic carbocycles. The van der Waals surface area contributed by atoms with E-state index in [2.05, 4.69) is 24.8 Å². The summed E-state index contributed by atoms with van der Waals surface area (Å²) in [4.78, 5) is 2.53. The molecule has 0 unspecified atom stereocenters. The first-order valence-corrected chi connectivity index (χ1v) is 7.27. The smallest absolute Gasteiger partial charge is 0.120 e. The molecule has 1 aromatic rings. The van der Waals surface area contributed by atoms with Gasteiger partial charge >= 0.3 is 0 Å². The summed E-state index contributed by atoms with van der Waals surface area (Å²) in [6.07, 6.45) is 3.87. The number of benzene rings is 1. The van der Waals surface area contributed by atoms with Crippen LogP contribution in [0.3, 0.4) is 0 Å². The third kappa shape index (κ3) is 3.03. The first-order valence-electron chi connectivity index (χ1n) is 7.27. The molecule has 1 aliphatic heterocycles. The van der Waals surface area contributed by atoms with Crippen LogP contribution >= 0.6 is 0 Å². The predicted molar refractivity (Wildman–Crippen MR) is 80.3 cm³/mol. The van der Waals surface area contributed by atoms with E-state index in [-0.39, 0.29) is 0 Å². The second kappa shape index (κ2) is 5.83. The third-order valence-electron chi connectivity index (χ3n) is 4.76. The summed E-state index contributed by atoms with van der Waals surface area (Å²) in [5, 5.41) is 0. The highest BCUT2D eigenvalue weighted by atomic mass is 16.5. The number of hydrogen-bond donors (Lipinski definition) is 1. The fraction of sp³-hybridized carbons (Fsp3) is 0.625. The van der Waals surface area contributed by atoms with Crippen LogP contribution in [0.25, 0.3) is 0 Å². The lowest BCUT2D eigenvalue weighted by atomic mass is 9.82. The van der Waals surface area contributed by atoms with Gasteiger partial charge in [0.2, 0.25) is 0 Å². The van der Waals surface area contributed by atoms with E-state index in [9.17, 15) is 0 Å². The van der Waals surface area contributed by atoms with Crippen molar-refractivity contribution in [2.24, 2.45) is 5.41 Å². The SMILES string of the molecule is CCC1(CC)CCN(Cc2ccc(OC)cc2N)C1. The molecule has 1 heterocycles. The Labute approximate surface area is 116 Å². The van der Waals surface area contributed by atoms with Crippen molar-refractivity contribution >= 4 is 5.69 Å². The minimum absolute atomic E-state index is 0.529. The van der Waals surface area contributed by atoms with Gasteiger partial charge in [-0.3, -0.25) is 4.90 Å². The summed E-state index contributed by atoms with van der Waals surface area (Å²) in [6, 6.07) is 6.00. The molecule has 3 heteroatoms. The zero-order chi connectivity index (χ0) is 13.9. The molecule has 0 radical (unpaired) electrons. The van der Waals surface area contributed by atoms with E-state index in [1.807, 2.05) is 12.1 Å². The molecule has 2 rings (SSSR count). The van der Waals surface area contributed by atoms with Crippen molar-refractivity contribution < 1.29 is 4.74 Å². The molecule has 0 saturated carbocycles. The molecule has 0 atom stereocenters. The summed E-state index contributed by atoms with van der Waals surface area (Å²) in [5.74, 6) is 0.833. The maximum atomic E-state index is 6.10. The van der Waals surface area contributed by atoms with Gasteiger partial charge in [-0.2, -0.15) is 0 Å². The van der Waals surface area contributed by atoms with Crippen molar-refractivity contribution in [2.75, 3.05) is 25.9 Å². The fourth-order valence-corrected chi connectivity index (χ4v) is 3.07.